The largest absolute Gasteiger partial charge is 0.384 e. The zero-order chi connectivity index (χ0) is 13.1. The fraction of sp³-hybridized carbons (Fsp3) is 0.364. The van der Waals surface area contributed by atoms with E-state index in [1.54, 1.807) is 0 Å². The van der Waals surface area contributed by atoms with Crippen molar-refractivity contribution < 1.29 is 9.53 Å². The molecule has 0 aliphatic carbocycles. The molecule has 1 aliphatic heterocycles. The molecule has 94 valence electrons. The van der Waals surface area contributed by atoms with Crippen LogP contribution in [0.4, 0.5) is 5.82 Å². The molecule has 0 bridgehead atoms. The maximum Gasteiger partial charge on any atom is 0.255 e. The first-order chi connectivity index (χ1) is 8.61. The van der Waals surface area contributed by atoms with Crippen LogP contribution in [-0.2, 0) is 4.74 Å². The highest BCUT2D eigenvalue weighted by atomic mass is 35.5. The van der Waals surface area contributed by atoms with Gasteiger partial charge in [-0.05, 0) is 6.07 Å². The Balaban J connectivity index is 2.21. The average Bonchev–Trinajstić information content (AvgIpc) is 2.41. The van der Waals surface area contributed by atoms with Gasteiger partial charge in [-0.15, -0.1) is 0 Å². The number of anilines is 1. The SMILES string of the molecule is N#CC1CN(C(=O)c2cc(N)ncc2Cl)CCO1. The molecule has 1 aromatic heterocycles. The molecule has 1 fully saturated rings. The lowest BCUT2D eigenvalue weighted by Gasteiger charge is -2.30. The zero-order valence-corrected chi connectivity index (χ0v) is 10.2. The molecule has 1 aromatic rings. The summed E-state index contributed by atoms with van der Waals surface area (Å²) in [6.45, 7) is 0.992. The predicted molar refractivity (Wildman–Crippen MR) is 64.9 cm³/mol. The maximum atomic E-state index is 12.2. The summed E-state index contributed by atoms with van der Waals surface area (Å²) in [7, 11) is 0. The van der Waals surface area contributed by atoms with E-state index in [2.05, 4.69) is 4.98 Å². The molecule has 2 heterocycles. The highest BCUT2D eigenvalue weighted by Gasteiger charge is 2.26. The van der Waals surface area contributed by atoms with Crippen molar-refractivity contribution in [3.8, 4) is 6.07 Å². The van der Waals surface area contributed by atoms with Crippen LogP contribution in [-0.4, -0.2) is 41.6 Å². The lowest BCUT2D eigenvalue weighted by atomic mass is 10.2. The smallest absolute Gasteiger partial charge is 0.255 e. The fourth-order valence-corrected chi connectivity index (χ4v) is 1.89. The van der Waals surface area contributed by atoms with E-state index in [1.165, 1.54) is 17.2 Å². The second-order valence-corrected chi connectivity index (χ2v) is 4.24. The highest BCUT2D eigenvalue weighted by molar-refractivity contribution is 6.33. The molecular formula is C11H11ClN4O2. The van der Waals surface area contributed by atoms with Crippen LogP contribution in [0, 0.1) is 11.3 Å². The number of morpholine rings is 1. The summed E-state index contributed by atoms with van der Waals surface area (Å²) in [4.78, 5) is 17.5. The molecule has 1 atom stereocenters. The number of nitriles is 1. The number of carbonyl (C=O) groups is 1. The zero-order valence-electron chi connectivity index (χ0n) is 9.47. The molecule has 1 saturated heterocycles. The topological polar surface area (TPSA) is 92.2 Å². The van der Waals surface area contributed by atoms with Gasteiger partial charge in [0, 0.05) is 12.7 Å². The molecule has 0 aromatic carbocycles. The van der Waals surface area contributed by atoms with E-state index >= 15 is 0 Å². The molecule has 0 spiro atoms. The first-order valence-corrected chi connectivity index (χ1v) is 5.71. The van der Waals surface area contributed by atoms with E-state index in [4.69, 9.17) is 27.3 Å². The van der Waals surface area contributed by atoms with Crippen LogP contribution in [0.3, 0.4) is 0 Å². The van der Waals surface area contributed by atoms with Gasteiger partial charge in [0.15, 0.2) is 6.10 Å². The van der Waals surface area contributed by atoms with Gasteiger partial charge in [0.1, 0.15) is 5.82 Å². The van der Waals surface area contributed by atoms with E-state index in [1.807, 2.05) is 6.07 Å². The van der Waals surface area contributed by atoms with Crippen molar-refractivity contribution >= 4 is 23.3 Å². The van der Waals surface area contributed by atoms with Crippen molar-refractivity contribution in [2.75, 3.05) is 25.4 Å². The maximum absolute atomic E-state index is 12.2. The monoisotopic (exact) mass is 266 g/mol. The Labute approximate surface area is 109 Å². The fourth-order valence-electron chi connectivity index (χ4n) is 1.70. The van der Waals surface area contributed by atoms with Crippen LogP contribution in [0.5, 0.6) is 0 Å². The number of pyridine rings is 1. The summed E-state index contributed by atoms with van der Waals surface area (Å²) in [6.07, 6.45) is 0.743. The number of nitrogens with two attached hydrogens (primary N) is 1. The van der Waals surface area contributed by atoms with E-state index in [0.717, 1.165) is 0 Å². The number of amides is 1. The van der Waals surface area contributed by atoms with Gasteiger partial charge < -0.3 is 15.4 Å². The number of rotatable bonds is 1. The average molecular weight is 267 g/mol. The summed E-state index contributed by atoms with van der Waals surface area (Å²) >= 11 is 5.92. The summed E-state index contributed by atoms with van der Waals surface area (Å²) < 4.78 is 5.17. The molecule has 7 heteroatoms. The Hall–Kier alpha value is -1.84. The van der Waals surface area contributed by atoms with E-state index in [-0.39, 0.29) is 23.3 Å². The van der Waals surface area contributed by atoms with E-state index in [0.29, 0.717) is 18.7 Å². The van der Waals surface area contributed by atoms with Crippen molar-refractivity contribution in [2.24, 2.45) is 0 Å². The van der Waals surface area contributed by atoms with Crippen LogP contribution in [0.25, 0.3) is 0 Å². The minimum absolute atomic E-state index is 0.229. The van der Waals surface area contributed by atoms with Crippen molar-refractivity contribution in [1.29, 1.82) is 5.26 Å². The molecule has 1 amide bonds. The van der Waals surface area contributed by atoms with Gasteiger partial charge in [-0.2, -0.15) is 5.26 Å². The number of nitrogens with zero attached hydrogens (tertiary/aromatic N) is 3. The molecule has 1 aliphatic rings. The Bertz CT molecular complexity index is 514. The highest BCUT2D eigenvalue weighted by Crippen LogP contribution is 2.19. The molecule has 2 rings (SSSR count). The number of ether oxygens (including phenoxy) is 1. The number of halogens is 1. The third kappa shape index (κ3) is 2.53. The lowest BCUT2D eigenvalue weighted by Crippen LogP contribution is -2.45. The van der Waals surface area contributed by atoms with E-state index in [9.17, 15) is 4.79 Å². The van der Waals surface area contributed by atoms with Crippen LogP contribution in [0.15, 0.2) is 12.3 Å². The molecular weight excluding hydrogens is 256 g/mol. The van der Waals surface area contributed by atoms with Crippen LogP contribution < -0.4 is 5.73 Å². The van der Waals surface area contributed by atoms with Crippen LogP contribution in [0.1, 0.15) is 10.4 Å². The van der Waals surface area contributed by atoms with Crippen molar-refractivity contribution in [1.82, 2.24) is 9.88 Å². The Kier molecular flexibility index (Phi) is 3.65. The van der Waals surface area contributed by atoms with Gasteiger partial charge >= 0.3 is 0 Å². The normalized spacial score (nSPS) is 19.3. The molecule has 0 saturated carbocycles. The number of hydrogen-bond donors (Lipinski definition) is 1. The summed E-state index contributed by atoms with van der Waals surface area (Å²) in [5, 5.41) is 9.04. The molecule has 0 radical (unpaired) electrons. The van der Waals surface area contributed by atoms with Gasteiger partial charge in [0.2, 0.25) is 0 Å². The number of aromatic nitrogens is 1. The molecule has 2 N–H and O–H groups in total. The van der Waals surface area contributed by atoms with Crippen LogP contribution in [0.2, 0.25) is 5.02 Å². The third-order valence-corrected chi connectivity index (χ3v) is 2.91. The van der Waals surface area contributed by atoms with Crippen LogP contribution >= 0.6 is 11.6 Å². The summed E-state index contributed by atoms with van der Waals surface area (Å²) in [6, 6.07) is 3.41. The first kappa shape index (κ1) is 12.6. The molecule has 6 nitrogen and oxygen atoms in total. The quantitative estimate of drug-likeness (QED) is 0.807. The predicted octanol–water partition coefficient (Wildman–Crippen LogP) is 0.682. The van der Waals surface area contributed by atoms with Gasteiger partial charge in [-0.3, -0.25) is 4.79 Å². The summed E-state index contributed by atoms with van der Waals surface area (Å²) in [5.41, 5.74) is 5.82. The minimum atomic E-state index is -0.597. The van der Waals surface area contributed by atoms with E-state index < -0.39 is 6.10 Å². The van der Waals surface area contributed by atoms with Gasteiger partial charge in [0.25, 0.3) is 5.91 Å². The number of carbonyl (C=O) groups excluding carboxylic acids is 1. The second-order valence-electron chi connectivity index (χ2n) is 3.83. The van der Waals surface area contributed by atoms with Crippen molar-refractivity contribution in [2.45, 2.75) is 6.10 Å². The Morgan fingerprint density at radius 2 is 2.50 bits per heavy atom. The van der Waals surface area contributed by atoms with Crippen molar-refractivity contribution in [3.05, 3.63) is 22.8 Å². The summed E-state index contributed by atoms with van der Waals surface area (Å²) in [5.74, 6) is -0.0366. The molecule has 1 unspecified atom stereocenters. The third-order valence-electron chi connectivity index (χ3n) is 2.60. The first-order valence-electron chi connectivity index (χ1n) is 5.33. The van der Waals surface area contributed by atoms with Gasteiger partial charge in [-0.1, -0.05) is 11.6 Å². The lowest BCUT2D eigenvalue weighted by molar-refractivity contribution is 0.00347. The van der Waals surface area contributed by atoms with Gasteiger partial charge in [-0.25, -0.2) is 4.98 Å². The standard InChI is InChI=1S/C11H11ClN4O2/c12-9-5-15-10(14)3-8(9)11(17)16-1-2-18-7(4-13)6-16/h3,5,7H,1-2,6H2,(H2,14,15). The Morgan fingerprint density at radius 1 is 1.72 bits per heavy atom. The minimum Gasteiger partial charge on any atom is -0.384 e. The van der Waals surface area contributed by atoms with Gasteiger partial charge in [0.05, 0.1) is 29.8 Å². The Morgan fingerprint density at radius 3 is 3.22 bits per heavy atom. The second kappa shape index (κ2) is 5.21. The molecule has 18 heavy (non-hydrogen) atoms. The number of hydrogen-bond acceptors (Lipinski definition) is 5. The van der Waals surface area contributed by atoms with Crippen molar-refractivity contribution in [3.63, 3.8) is 0 Å². The number of nitrogen functional groups attached to an aromatic ring is 1.